The van der Waals surface area contributed by atoms with Gasteiger partial charge in [0.25, 0.3) is 5.91 Å². The van der Waals surface area contributed by atoms with Crippen LogP contribution in [0.15, 0.2) is 30.5 Å². The molecule has 1 aromatic heterocycles. The number of aromatic amines is 1. The number of H-pyrrole nitrogens is 1. The van der Waals surface area contributed by atoms with Gasteiger partial charge in [0.05, 0.1) is 0 Å². The van der Waals surface area contributed by atoms with Crippen LogP contribution in [0.4, 0.5) is 0 Å². The molecule has 1 saturated heterocycles. The SMILES string of the molecule is O=C(NCCN1CCNCC1)c1ccc2[nH]ccc2c1. The molecule has 0 atom stereocenters. The van der Waals surface area contributed by atoms with Gasteiger partial charge in [-0.15, -0.1) is 0 Å². The number of nitrogens with zero attached hydrogens (tertiary/aromatic N) is 1. The van der Waals surface area contributed by atoms with Gasteiger partial charge in [0.1, 0.15) is 0 Å². The smallest absolute Gasteiger partial charge is 0.251 e. The number of fused-ring (bicyclic) bond motifs is 1. The van der Waals surface area contributed by atoms with E-state index >= 15 is 0 Å². The summed E-state index contributed by atoms with van der Waals surface area (Å²) in [5, 5.41) is 7.38. The highest BCUT2D eigenvalue weighted by molar-refractivity contribution is 5.98. The predicted molar refractivity (Wildman–Crippen MR) is 79.9 cm³/mol. The maximum absolute atomic E-state index is 12.1. The van der Waals surface area contributed by atoms with Crippen LogP contribution in [0.2, 0.25) is 0 Å². The van der Waals surface area contributed by atoms with Crippen molar-refractivity contribution in [1.82, 2.24) is 20.5 Å². The molecule has 0 bridgehead atoms. The average Bonchev–Trinajstić information content (AvgIpc) is 2.95. The molecule has 20 heavy (non-hydrogen) atoms. The van der Waals surface area contributed by atoms with E-state index in [-0.39, 0.29) is 5.91 Å². The molecule has 3 N–H and O–H groups in total. The van der Waals surface area contributed by atoms with Crippen molar-refractivity contribution in [2.24, 2.45) is 0 Å². The van der Waals surface area contributed by atoms with E-state index in [1.807, 2.05) is 30.5 Å². The average molecular weight is 272 g/mol. The first kappa shape index (κ1) is 13.1. The van der Waals surface area contributed by atoms with Crippen LogP contribution in [0, 0.1) is 0 Å². The first-order valence-electron chi connectivity index (χ1n) is 7.11. The second-order valence-corrected chi connectivity index (χ2v) is 5.13. The fourth-order valence-corrected chi connectivity index (χ4v) is 2.56. The summed E-state index contributed by atoms with van der Waals surface area (Å²) in [5.74, 6) is 0.00299. The van der Waals surface area contributed by atoms with Gasteiger partial charge in [0.15, 0.2) is 0 Å². The fraction of sp³-hybridized carbons (Fsp3) is 0.400. The molecule has 2 aromatic rings. The molecule has 1 aliphatic rings. The number of nitrogens with one attached hydrogen (secondary N) is 3. The van der Waals surface area contributed by atoms with Crippen LogP contribution in [0.1, 0.15) is 10.4 Å². The zero-order valence-electron chi connectivity index (χ0n) is 11.5. The van der Waals surface area contributed by atoms with E-state index in [9.17, 15) is 4.79 Å². The zero-order chi connectivity index (χ0) is 13.8. The maximum Gasteiger partial charge on any atom is 0.251 e. The lowest BCUT2D eigenvalue weighted by Crippen LogP contribution is -2.46. The van der Waals surface area contributed by atoms with Crippen molar-refractivity contribution in [3.63, 3.8) is 0 Å². The highest BCUT2D eigenvalue weighted by atomic mass is 16.1. The van der Waals surface area contributed by atoms with Crippen LogP contribution in [0.3, 0.4) is 0 Å². The second kappa shape index (κ2) is 6.07. The Morgan fingerprint density at radius 1 is 1.25 bits per heavy atom. The van der Waals surface area contributed by atoms with E-state index in [1.165, 1.54) is 0 Å². The zero-order valence-corrected chi connectivity index (χ0v) is 11.5. The number of benzene rings is 1. The lowest BCUT2D eigenvalue weighted by molar-refractivity contribution is 0.0947. The molecule has 0 saturated carbocycles. The van der Waals surface area contributed by atoms with Crippen molar-refractivity contribution in [2.75, 3.05) is 39.3 Å². The summed E-state index contributed by atoms with van der Waals surface area (Å²) in [6.07, 6.45) is 1.89. The summed E-state index contributed by atoms with van der Waals surface area (Å²) in [7, 11) is 0. The number of carbonyl (C=O) groups is 1. The van der Waals surface area contributed by atoms with Crippen molar-refractivity contribution in [2.45, 2.75) is 0 Å². The lowest BCUT2D eigenvalue weighted by atomic mass is 10.1. The first-order valence-corrected chi connectivity index (χ1v) is 7.11. The summed E-state index contributed by atoms with van der Waals surface area (Å²) < 4.78 is 0. The minimum Gasteiger partial charge on any atom is -0.361 e. The van der Waals surface area contributed by atoms with Gasteiger partial charge >= 0.3 is 0 Å². The summed E-state index contributed by atoms with van der Waals surface area (Å²) >= 11 is 0. The number of amides is 1. The molecule has 1 aliphatic heterocycles. The number of piperazine rings is 1. The monoisotopic (exact) mass is 272 g/mol. The summed E-state index contributed by atoms with van der Waals surface area (Å²) in [6.45, 7) is 5.82. The third-order valence-corrected chi connectivity index (χ3v) is 3.74. The van der Waals surface area contributed by atoms with Gasteiger partial charge in [-0.3, -0.25) is 9.69 Å². The van der Waals surface area contributed by atoms with Crippen LogP contribution in [0.5, 0.6) is 0 Å². The van der Waals surface area contributed by atoms with E-state index in [0.717, 1.165) is 49.2 Å². The lowest BCUT2D eigenvalue weighted by Gasteiger charge is -2.27. The Kier molecular flexibility index (Phi) is 3.99. The molecule has 5 nitrogen and oxygen atoms in total. The number of rotatable bonds is 4. The molecular formula is C15H20N4O. The van der Waals surface area contributed by atoms with Crippen LogP contribution in [0.25, 0.3) is 10.9 Å². The highest BCUT2D eigenvalue weighted by Gasteiger charge is 2.10. The van der Waals surface area contributed by atoms with Crippen molar-refractivity contribution < 1.29 is 4.79 Å². The van der Waals surface area contributed by atoms with Crippen molar-refractivity contribution >= 4 is 16.8 Å². The minimum absolute atomic E-state index is 0.00299. The van der Waals surface area contributed by atoms with Gasteiger partial charge in [-0.05, 0) is 24.3 Å². The molecule has 0 spiro atoms. The normalized spacial score (nSPS) is 16.4. The Bertz CT molecular complexity index is 586. The van der Waals surface area contributed by atoms with Crippen LogP contribution < -0.4 is 10.6 Å². The van der Waals surface area contributed by atoms with Crippen molar-refractivity contribution in [1.29, 1.82) is 0 Å². The van der Waals surface area contributed by atoms with Gasteiger partial charge in [-0.2, -0.15) is 0 Å². The summed E-state index contributed by atoms with van der Waals surface area (Å²) in [5.41, 5.74) is 1.78. The third-order valence-electron chi connectivity index (χ3n) is 3.74. The number of hydrogen-bond donors (Lipinski definition) is 3. The Balaban J connectivity index is 1.53. The molecule has 1 amide bonds. The van der Waals surface area contributed by atoms with Crippen molar-refractivity contribution in [3.05, 3.63) is 36.0 Å². The highest BCUT2D eigenvalue weighted by Crippen LogP contribution is 2.14. The fourth-order valence-electron chi connectivity index (χ4n) is 2.56. The van der Waals surface area contributed by atoms with Crippen LogP contribution in [-0.4, -0.2) is 55.1 Å². The number of hydrogen-bond acceptors (Lipinski definition) is 3. The van der Waals surface area contributed by atoms with Gasteiger partial charge in [0, 0.05) is 61.9 Å². The second-order valence-electron chi connectivity index (χ2n) is 5.13. The predicted octanol–water partition coefficient (Wildman–Crippen LogP) is 0.803. The van der Waals surface area contributed by atoms with Gasteiger partial charge in [0.2, 0.25) is 0 Å². The number of carbonyl (C=O) groups excluding carboxylic acids is 1. The Morgan fingerprint density at radius 2 is 2.10 bits per heavy atom. The standard InChI is InChI=1S/C15H20N4O/c20-15(18-7-10-19-8-5-16-6-9-19)13-1-2-14-12(11-13)3-4-17-14/h1-4,11,16-17H,5-10H2,(H,18,20). The van der Waals surface area contributed by atoms with Crippen molar-refractivity contribution in [3.8, 4) is 0 Å². The quantitative estimate of drug-likeness (QED) is 0.771. The van der Waals surface area contributed by atoms with Crippen LogP contribution >= 0.6 is 0 Å². The molecule has 0 aliphatic carbocycles. The molecule has 1 aromatic carbocycles. The van der Waals surface area contributed by atoms with Gasteiger partial charge in [-0.25, -0.2) is 0 Å². The topological polar surface area (TPSA) is 60.2 Å². The molecule has 2 heterocycles. The largest absolute Gasteiger partial charge is 0.361 e. The van der Waals surface area contributed by atoms with Crippen LogP contribution in [-0.2, 0) is 0 Å². The van der Waals surface area contributed by atoms with E-state index in [1.54, 1.807) is 0 Å². The Hall–Kier alpha value is -1.85. The molecule has 106 valence electrons. The van der Waals surface area contributed by atoms with E-state index in [4.69, 9.17) is 0 Å². The Morgan fingerprint density at radius 3 is 2.95 bits per heavy atom. The van der Waals surface area contributed by atoms with E-state index in [2.05, 4.69) is 20.5 Å². The Labute approximate surface area is 118 Å². The summed E-state index contributed by atoms with van der Waals surface area (Å²) in [6, 6.07) is 7.71. The minimum atomic E-state index is 0.00299. The molecule has 0 unspecified atom stereocenters. The molecule has 1 fully saturated rings. The third kappa shape index (κ3) is 3.00. The molecule has 5 heteroatoms. The van der Waals surface area contributed by atoms with E-state index < -0.39 is 0 Å². The van der Waals surface area contributed by atoms with Gasteiger partial charge < -0.3 is 15.6 Å². The number of aromatic nitrogens is 1. The van der Waals surface area contributed by atoms with E-state index in [0.29, 0.717) is 6.54 Å². The molecular weight excluding hydrogens is 252 g/mol. The summed E-state index contributed by atoms with van der Waals surface area (Å²) in [4.78, 5) is 17.6. The molecule has 0 radical (unpaired) electrons. The van der Waals surface area contributed by atoms with Gasteiger partial charge in [-0.1, -0.05) is 0 Å². The molecule has 3 rings (SSSR count). The first-order chi connectivity index (χ1) is 9.83. The maximum atomic E-state index is 12.1.